The molecule has 0 saturated heterocycles. The number of fused-ring (bicyclic) bond motifs is 1. The predicted molar refractivity (Wildman–Crippen MR) is 126 cm³/mol. The van der Waals surface area contributed by atoms with Crippen molar-refractivity contribution in [3.8, 4) is 0 Å². The summed E-state index contributed by atoms with van der Waals surface area (Å²) in [7, 11) is 0. The van der Waals surface area contributed by atoms with Crippen LogP contribution in [0.1, 0.15) is 37.0 Å². The highest BCUT2D eigenvalue weighted by molar-refractivity contribution is 5.90. The molecule has 0 fully saturated rings. The average molecular weight is 424 g/mol. The molecule has 6 nitrogen and oxygen atoms in total. The highest BCUT2D eigenvalue weighted by Crippen LogP contribution is 2.19. The van der Waals surface area contributed by atoms with Crippen molar-refractivity contribution in [2.24, 2.45) is 0 Å². The summed E-state index contributed by atoms with van der Waals surface area (Å²) in [6.07, 6.45) is 7.12. The summed E-state index contributed by atoms with van der Waals surface area (Å²) in [4.78, 5) is 16.6. The number of nitrogens with zero attached hydrogens (tertiary/aromatic N) is 1. The van der Waals surface area contributed by atoms with Crippen molar-refractivity contribution in [3.05, 3.63) is 77.5 Å². The van der Waals surface area contributed by atoms with Gasteiger partial charge in [0.25, 0.3) is 5.91 Å². The van der Waals surface area contributed by atoms with Gasteiger partial charge in [-0.15, -0.1) is 0 Å². The van der Waals surface area contributed by atoms with Gasteiger partial charge in [-0.05, 0) is 35.3 Å². The zero-order chi connectivity index (χ0) is 22.5. The Labute approximate surface area is 184 Å². The molecule has 6 heteroatoms. The normalized spacial score (nSPS) is 11.0. The average Bonchev–Trinajstić information content (AvgIpc) is 3.20. The molecule has 3 rings (SSSR count). The number of H-pyrrole nitrogens is 1. The number of carbonyl (C=O) groups excluding carboxylic acids is 1. The third-order valence-electron chi connectivity index (χ3n) is 4.71. The quantitative estimate of drug-likeness (QED) is 0.237. The van der Waals surface area contributed by atoms with E-state index in [1.807, 2.05) is 36.4 Å². The van der Waals surface area contributed by atoms with E-state index in [0.717, 1.165) is 36.2 Å². The Morgan fingerprint density at radius 1 is 1.10 bits per heavy atom. The number of carbonyl (C=O) groups is 1. The number of aromatic amines is 1. The first-order chi connectivity index (χ1) is 15.1. The van der Waals surface area contributed by atoms with Gasteiger partial charge < -0.3 is 10.1 Å². The number of aliphatic hydroxyl groups is 1. The van der Waals surface area contributed by atoms with E-state index in [9.17, 15) is 9.90 Å². The number of para-hydroxylation sites is 1. The molecule has 1 aromatic heterocycles. The van der Waals surface area contributed by atoms with Gasteiger partial charge in [0.15, 0.2) is 0 Å². The van der Waals surface area contributed by atoms with Gasteiger partial charge in [-0.25, -0.2) is 5.48 Å². The minimum absolute atomic E-state index is 0.116. The van der Waals surface area contributed by atoms with Crippen molar-refractivity contribution < 1.29 is 15.1 Å². The van der Waals surface area contributed by atoms with E-state index in [-0.39, 0.29) is 6.61 Å². The van der Waals surface area contributed by atoms with E-state index in [4.69, 9.17) is 5.21 Å². The lowest BCUT2D eigenvalue weighted by molar-refractivity contribution is -0.124. The van der Waals surface area contributed by atoms with Crippen molar-refractivity contribution in [2.75, 3.05) is 19.7 Å². The molecular weight excluding hydrogens is 390 g/mol. The third kappa shape index (κ3) is 8.02. The van der Waals surface area contributed by atoms with E-state index in [0.29, 0.717) is 6.54 Å². The van der Waals surface area contributed by atoms with Crippen LogP contribution in [-0.4, -0.2) is 45.8 Å². The molecule has 0 aliphatic rings. The molecule has 31 heavy (non-hydrogen) atoms. The standard InChI is InChI=1S/C22H25N3O3.C3H8/c26-14-13-25(12-11-19-15-23-21-4-2-1-3-20(19)21)16-18-7-5-17(6-8-18)9-10-22(27)24-28;1-3-2/h1-10,15,23,26,28H,11-14,16H2,(H,24,27);3H2,1-2H3/b10-9+;. The molecule has 3 aromatic rings. The Kier molecular flexibility index (Phi) is 10.5. The third-order valence-corrected chi connectivity index (χ3v) is 4.71. The van der Waals surface area contributed by atoms with Crippen LogP contribution in [0.4, 0.5) is 0 Å². The van der Waals surface area contributed by atoms with Gasteiger partial charge in [0, 0.05) is 42.8 Å². The van der Waals surface area contributed by atoms with Gasteiger partial charge in [0.1, 0.15) is 0 Å². The maximum Gasteiger partial charge on any atom is 0.267 e. The number of rotatable bonds is 9. The van der Waals surface area contributed by atoms with Crippen LogP contribution in [0.15, 0.2) is 60.8 Å². The van der Waals surface area contributed by atoms with Crippen molar-refractivity contribution in [1.29, 1.82) is 0 Å². The Hall–Kier alpha value is -2.93. The Balaban J connectivity index is 0.00000107. The first-order valence-electron chi connectivity index (χ1n) is 10.7. The minimum Gasteiger partial charge on any atom is -0.395 e. The van der Waals surface area contributed by atoms with E-state index < -0.39 is 5.91 Å². The van der Waals surface area contributed by atoms with Gasteiger partial charge in [-0.2, -0.15) is 0 Å². The highest BCUT2D eigenvalue weighted by atomic mass is 16.5. The predicted octanol–water partition coefficient (Wildman–Crippen LogP) is 4.14. The molecule has 0 unspecified atom stereocenters. The number of aliphatic hydroxyl groups excluding tert-OH is 1. The summed E-state index contributed by atoms with van der Waals surface area (Å²) in [6, 6.07) is 16.1. The Morgan fingerprint density at radius 2 is 1.81 bits per heavy atom. The van der Waals surface area contributed by atoms with Crippen molar-refractivity contribution in [3.63, 3.8) is 0 Å². The molecule has 0 aliphatic heterocycles. The molecular formula is C25H33N3O3. The monoisotopic (exact) mass is 423 g/mol. The van der Waals surface area contributed by atoms with Crippen LogP contribution < -0.4 is 5.48 Å². The summed E-state index contributed by atoms with van der Waals surface area (Å²) in [5, 5.41) is 19.2. The summed E-state index contributed by atoms with van der Waals surface area (Å²) >= 11 is 0. The second-order valence-corrected chi connectivity index (χ2v) is 7.37. The number of hydrogen-bond acceptors (Lipinski definition) is 4. The molecule has 1 amide bonds. The number of benzene rings is 2. The molecule has 2 aromatic carbocycles. The lowest BCUT2D eigenvalue weighted by Gasteiger charge is -2.21. The molecule has 1 heterocycles. The first kappa shape index (κ1) is 24.3. The number of amides is 1. The summed E-state index contributed by atoms with van der Waals surface area (Å²) in [5.41, 5.74) is 6.00. The largest absolute Gasteiger partial charge is 0.395 e. The van der Waals surface area contributed by atoms with Crippen LogP contribution in [0.5, 0.6) is 0 Å². The van der Waals surface area contributed by atoms with Crippen LogP contribution in [0.25, 0.3) is 17.0 Å². The molecule has 0 bridgehead atoms. The molecule has 166 valence electrons. The van der Waals surface area contributed by atoms with Crippen molar-refractivity contribution >= 4 is 22.9 Å². The van der Waals surface area contributed by atoms with Gasteiger partial charge in [0.2, 0.25) is 0 Å². The highest BCUT2D eigenvalue weighted by Gasteiger charge is 2.09. The lowest BCUT2D eigenvalue weighted by Crippen LogP contribution is -2.28. The minimum atomic E-state index is -0.560. The number of aromatic nitrogens is 1. The Morgan fingerprint density at radius 3 is 2.48 bits per heavy atom. The molecule has 0 atom stereocenters. The van der Waals surface area contributed by atoms with Crippen LogP contribution >= 0.6 is 0 Å². The summed E-state index contributed by atoms with van der Waals surface area (Å²) in [5.74, 6) is -0.560. The lowest BCUT2D eigenvalue weighted by atomic mass is 10.1. The number of nitrogens with one attached hydrogen (secondary N) is 2. The molecule has 0 aliphatic carbocycles. The maximum atomic E-state index is 11.0. The first-order valence-corrected chi connectivity index (χ1v) is 10.7. The van der Waals surface area contributed by atoms with Crippen molar-refractivity contribution in [2.45, 2.75) is 33.2 Å². The van der Waals surface area contributed by atoms with Crippen LogP contribution in [0, 0.1) is 0 Å². The van der Waals surface area contributed by atoms with Gasteiger partial charge in [0.05, 0.1) is 6.61 Å². The van der Waals surface area contributed by atoms with Crippen LogP contribution in [0.3, 0.4) is 0 Å². The summed E-state index contributed by atoms with van der Waals surface area (Å²) in [6.45, 7) is 6.57. The smallest absolute Gasteiger partial charge is 0.267 e. The molecule has 0 saturated carbocycles. The van der Waals surface area contributed by atoms with Gasteiger partial charge in [-0.3, -0.25) is 14.9 Å². The topological polar surface area (TPSA) is 88.6 Å². The van der Waals surface area contributed by atoms with E-state index >= 15 is 0 Å². The van der Waals surface area contributed by atoms with E-state index in [1.54, 1.807) is 11.6 Å². The Bertz CT molecular complexity index is 948. The second kappa shape index (κ2) is 13.4. The van der Waals surface area contributed by atoms with Crippen LogP contribution in [-0.2, 0) is 17.8 Å². The van der Waals surface area contributed by atoms with Gasteiger partial charge in [-0.1, -0.05) is 62.7 Å². The molecule has 0 radical (unpaired) electrons. The molecule has 0 spiro atoms. The number of hydrogen-bond donors (Lipinski definition) is 4. The maximum absolute atomic E-state index is 11.0. The number of hydroxylamine groups is 1. The van der Waals surface area contributed by atoms with E-state index in [2.05, 4.69) is 42.1 Å². The van der Waals surface area contributed by atoms with Crippen LogP contribution in [0.2, 0.25) is 0 Å². The molecule has 4 N–H and O–H groups in total. The van der Waals surface area contributed by atoms with E-state index in [1.165, 1.54) is 23.4 Å². The SMILES string of the molecule is CCC.O=C(/C=C/c1ccc(CN(CCO)CCc2c[nH]c3ccccc23)cc1)NO. The van der Waals surface area contributed by atoms with Crippen molar-refractivity contribution in [1.82, 2.24) is 15.4 Å². The fraction of sp³-hybridized carbons (Fsp3) is 0.320. The van der Waals surface area contributed by atoms with Gasteiger partial charge >= 0.3 is 0 Å². The zero-order valence-corrected chi connectivity index (χ0v) is 18.3. The fourth-order valence-corrected chi connectivity index (χ4v) is 3.23. The summed E-state index contributed by atoms with van der Waals surface area (Å²) < 4.78 is 0. The fourth-order valence-electron chi connectivity index (χ4n) is 3.23. The zero-order valence-electron chi connectivity index (χ0n) is 18.3. The second-order valence-electron chi connectivity index (χ2n) is 7.37.